The minimum Gasteiger partial charge on any atom is -0.380 e. The molecule has 0 spiro atoms. The molecule has 0 unspecified atom stereocenters. The number of nitrogens with one attached hydrogen (secondary N) is 2. The number of para-hydroxylation sites is 1. The zero-order valence-electron chi connectivity index (χ0n) is 12.5. The lowest BCUT2D eigenvalue weighted by Crippen LogP contribution is -2.29. The summed E-state index contributed by atoms with van der Waals surface area (Å²) in [6.45, 7) is 2.39. The lowest BCUT2D eigenvalue weighted by Gasteiger charge is -2.22. The highest BCUT2D eigenvalue weighted by atomic mass is 32.2. The van der Waals surface area contributed by atoms with Crippen molar-refractivity contribution >= 4 is 15.7 Å². The number of sulfonamides is 1. The van der Waals surface area contributed by atoms with E-state index < -0.39 is 10.0 Å². The van der Waals surface area contributed by atoms with Crippen molar-refractivity contribution in [3.8, 4) is 0 Å². The van der Waals surface area contributed by atoms with Gasteiger partial charge in [-0.25, -0.2) is 8.42 Å². The molecular formula is C15H24N2O3S. The Hall–Kier alpha value is -1.11. The van der Waals surface area contributed by atoms with E-state index in [0.29, 0.717) is 18.2 Å². The van der Waals surface area contributed by atoms with Gasteiger partial charge in [0.05, 0.1) is 18.0 Å². The van der Waals surface area contributed by atoms with Crippen LogP contribution in [0.1, 0.15) is 24.8 Å². The topological polar surface area (TPSA) is 67.4 Å². The van der Waals surface area contributed by atoms with Gasteiger partial charge in [-0.3, -0.25) is 4.72 Å². The van der Waals surface area contributed by atoms with E-state index in [4.69, 9.17) is 4.74 Å². The first-order valence-corrected chi connectivity index (χ1v) is 9.04. The highest BCUT2D eigenvalue weighted by Gasteiger charge is 2.18. The normalized spacial score (nSPS) is 16.8. The van der Waals surface area contributed by atoms with E-state index in [-0.39, 0.29) is 5.75 Å². The van der Waals surface area contributed by atoms with Gasteiger partial charge in [-0.05, 0) is 44.3 Å². The van der Waals surface area contributed by atoms with E-state index in [1.807, 2.05) is 18.2 Å². The van der Waals surface area contributed by atoms with Gasteiger partial charge in [0, 0.05) is 12.7 Å². The van der Waals surface area contributed by atoms with Crippen molar-refractivity contribution < 1.29 is 13.2 Å². The standard InChI is InChI=1S/C15H24N2O3S/c1-20-12-14-4-2-3-5-15(14)17-21(18,19)11-8-13-6-9-16-10-7-13/h2-5,13,16-17H,6-12H2,1H3. The molecule has 0 aromatic heterocycles. The smallest absolute Gasteiger partial charge is 0.232 e. The molecule has 1 aliphatic heterocycles. The van der Waals surface area contributed by atoms with Gasteiger partial charge < -0.3 is 10.1 Å². The van der Waals surface area contributed by atoms with Gasteiger partial charge in [-0.1, -0.05) is 18.2 Å². The molecule has 0 radical (unpaired) electrons. The zero-order valence-corrected chi connectivity index (χ0v) is 13.3. The Morgan fingerprint density at radius 3 is 2.71 bits per heavy atom. The van der Waals surface area contributed by atoms with Gasteiger partial charge in [0.2, 0.25) is 10.0 Å². The summed E-state index contributed by atoms with van der Waals surface area (Å²) in [6, 6.07) is 7.34. The van der Waals surface area contributed by atoms with Crippen molar-refractivity contribution in [2.45, 2.75) is 25.9 Å². The number of anilines is 1. The fourth-order valence-electron chi connectivity index (χ4n) is 2.61. The number of hydrogen-bond donors (Lipinski definition) is 2. The van der Waals surface area contributed by atoms with Gasteiger partial charge in [-0.2, -0.15) is 0 Å². The molecule has 0 saturated carbocycles. The second kappa shape index (κ2) is 7.77. The van der Waals surface area contributed by atoms with Crippen LogP contribution in [-0.4, -0.2) is 34.4 Å². The Bertz CT molecular complexity index is 540. The van der Waals surface area contributed by atoms with E-state index in [1.165, 1.54) is 0 Å². The number of rotatable bonds is 7. The van der Waals surface area contributed by atoms with Crippen LogP contribution in [0.4, 0.5) is 5.69 Å². The maximum absolute atomic E-state index is 12.2. The molecule has 0 bridgehead atoms. The first-order chi connectivity index (χ1) is 10.1. The molecule has 0 amide bonds. The van der Waals surface area contributed by atoms with Crippen molar-refractivity contribution in [3.63, 3.8) is 0 Å². The zero-order chi connectivity index (χ0) is 15.1. The molecule has 1 fully saturated rings. The third kappa shape index (κ3) is 5.30. The quantitative estimate of drug-likeness (QED) is 0.808. The molecule has 2 N–H and O–H groups in total. The fourth-order valence-corrected chi connectivity index (χ4v) is 3.89. The summed E-state index contributed by atoms with van der Waals surface area (Å²) < 4.78 is 32.2. The largest absolute Gasteiger partial charge is 0.380 e. The monoisotopic (exact) mass is 312 g/mol. The van der Waals surface area contributed by atoms with Gasteiger partial charge in [0.1, 0.15) is 0 Å². The van der Waals surface area contributed by atoms with E-state index in [9.17, 15) is 8.42 Å². The van der Waals surface area contributed by atoms with Crippen LogP contribution in [0.5, 0.6) is 0 Å². The Labute approximate surface area is 127 Å². The number of benzene rings is 1. The molecule has 0 aliphatic carbocycles. The molecule has 6 heteroatoms. The lowest BCUT2D eigenvalue weighted by atomic mass is 9.96. The molecule has 1 aromatic rings. The number of hydrogen-bond acceptors (Lipinski definition) is 4. The Balaban J connectivity index is 1.93. The minimum absolute atomic E-state index is 0.180. The predicted molar refractivity (Wildman–Crippen MR) is 84.8 cm³/mol. The van der Waals surface area contributed by atoms with E-state index in [0.717, 1.165) is 37.9 Å². The average Bonchev–Trinajstić information content (AvgIpc) is 2.48. The van der Waals surface area contributed by atoms with Crippen LogP contribution in [0.3, 0.4) is 0 Å². The molecule has 0 atom stereocenters. The van der Waals surface area contributed by atoms with Crippen LogP contribution in [0, 0.1) is 5.92 Å². The van der Waals surface area contributed by atoms with Crippen molar-refractivity contribution in [1.29, 1.82) is 0 Å². The van der Waals surface area contributed by atoms with Gasteiger partial charge in [-0.15, -0.1) is 0 Å². The highest BCUT2D eigenvalue weighted by Crippen LogP contribution is 2.20. The van der Waals surface area contributed by atoms with Gasteiger partial charge in [0.15, 0.2) is 0 Å². The van der Waals surface area contributed by atoms with E-state index in [2.05, 4.69) is 10.0 Å². The second-order valence-electron chi connectivity index (χ2n) is 5.49. The average molecular weight is 312 g/mol. The molecule has 1 aromatic carbocycles. The maximum atomic E-state index is 12.2. The van der Waals surface area contributed by atoms with E-state index in [1.54, 1.807) is 13.2 Å². The molecule has 1 aliphatic rings. The maximum Gasteiger partial charge on any atom is 0.232 e. The Morgan fingerprint density at radius 1 is 1.29 bits per heavy atom. The highest BCUT2D eigenvalue weighted by molar-refractivity contribution is 7.92. The Kier molecular flexibility index (Phi) is 6.02. The number of piperidine rings is 1. The predicted octanol–water partition coefficient (Wildman–Crippen LogP) is 1.96. The second-order valence-corrected chi connectivity index (χ2v) is 7.34. The first kappa shape index (κ1) is 16.3. The molecular weight excluding hydrogens is 288 g/mol. The molecule has 5 nitrogen and oxygen atoms in total. The van der Waals surface area contributed by atoms with Crippen LogP contribution in [0.25, 0.3) is 0 Å². The summed E-state index contributed by atoms with van der Waals surface area (Å²) in [5, 5.41) is 3.29. The van der Waals surface area contributed by atoms with Crippen LogP contribution in [0.2, 0.25) is 0 Å². The van der Waals surface area contributed by atoms with Crippen LogP contribution < -0.4 is 10.0 Å². The third-order valence-corrected chi connectivity index (χ3v) is 5.14. The number of methoxy groups -OCH3 is 1. The first-order valence-electron chi connectivity index (χ1n) is 7.39. The van der Waals surface area contributed by atoms with Gasteiger partial charge in [0.25, 0.3) is 0 Å². The lowest BCUT2D eigenvalue weighted by molar-refractivity contribution is 0.185. The van der Waals surface area contributed by atoms with Gasteiger partial charge >= 0.3 is 0 Å². The molecule has 21 heavy (non-hydrogen) atoms. The van der Waals surface area contributed by atoms with Crippen LogP contribution >= 0.6 is 0 Å². The van der Waals surface area contributed by atoms with E-state index >= 15 is 0 Å². The molecule has 1 saturated heterocycles. The van der Waals surface area contributed by atoms with Crippen molar-refractivity contribution in [2.24, 2.45) is 5.92 Å². The summed E-state index contributed by atoms with van der Waals surface area (Å²) in [4.78, 5) is 0. The number of ether oxygens (including phenoxy) is 1. The summed E-state index contributed by atoms with van der Waals surface area (Å²) in [7, 11) is -1.70. The van der Waals surface area contributed by atoms with Crippen molar-refractivity contribution in [2.75, 3.05) is 30.7 Å². The molecule has 2 rings (SSSR count). The molecule has 1 heterocycles. The fraction of sp³-hybridized carbons (Fsp3) is 0.600. The minimum atomic E-state index is -3.30. The summed E-state index contributed by atoms with van der Waals surface area (Å²) in [5.74, 6) is 0.691. The summed E-state index contributed by atoms with van der Waals surface area (Å²) in [5.41, 5.74) is 1.47. The Morgan fingerprint density at radius 2 is 2.00 bits per heavy atom. The third-order valence-electron chi connectivity index (χ3n) is 3.84. The summed E-state index contributed by atoms with van der Waals surface area (Å²) in [6.07, 6.45) is 2.86. The molecule has 118 valence electrons. The van der Waals surface area contributed by atoms with Crippen molar-refractivity contribution in [3.05, 3.63) is 29.8 Å². The van der Waals surface area contributed by atoms with Crippen molar-refractivity contribution in [1.82, 2.24) is 5.32 Å². The summed E-state index contributed by atoms with van der Waals surface area (Å²) >= 11 is 0. The van der Waals surface area contributed by atoms with Crippen LogP contribution in [0.15, 0.2) is 24.3 Å². The SMILES string of the molecule is COCc1ccccc1NS(=O)(=O)CCC1CCNCC1. The van der Waals surface area contributed by atoms with Crippen LogP contribution in [-0.2, 0) is 21.4 Å².